The summed E-state index contributed by atoms with van der Waals surface area (Å²) < 4.78 is 0. The van der Waals surface area contributed by atoms with Gasteiger partial charge in [0.1, 0.15) is 0 Å². The maximum Gasteiger partial charge on any atom is 0.338 e. The van der Waals surface area contributed by atoms with Gasteiger partial charge in [0.2, 0.25) is 0 Å². The highest BCUT2D eigenvalue weighted by molar-refractivity contribution is 6.34. The first-order valence-electron chi connectivity index (χ1n) is 5.32. The SMILES string of the molecule is CC#CCCNc1c(Cl)cc([N+](=O)[O-])cc1C(=O)O. The highest BCUT2D eigenvalue weighted by atomic mass is 35.5. The summed E-state index contributed by atoms with van der Waals surface area (Å²) in [7, 11) is 0. The number of hydrogen-bond acceptors (Lipinski definition) is 4. The van der Waals surface area contributed by atoms with Gasteiger partial charge in [-0.25, -0.2) is 4.79 Å². The fourth-order valence-corrected chi connectivity index (χ4v) is 1.70. The van der Waals surface area contributed by atoms with Crippen molar-refractivity contribution in [2.75, 3.05) is 11.9 Å². The molecule has 0 radical (unpaired) electrons. The molecule has 6 nitrogen and oxygen atoms in total. The van der Waals surface area contributed by atoms with E-state index in [-0.39, 0.29) is 22.0 Å². The normalized spacial score (nSPS) is 9.37. The topological polar surface area (TPSA) is 92.5 Å². The van der Waals surface area contributed by atoms with E-state index < -0.39 is 10.9 Å². The summed E-state index contributed by atoms with van der Waals surface area (Å²) >= 11 is 5.87. The molecule has 0 aliphatic heterocycles. The number of carbonyl (C=O) groups is 1. The quantitative estimate of drug-likeness (QED) is 0.375. The Balaban J connectivity index is 3.10. The number of nitro benzene ring substituents is 1. The molecule has 2 N–H and O–H groups in total. The van der Waals surface area contributed by atoms with Gasteiger partial charge < -0.3 is 10.4 Å². The monoisotopic (exact) mass is 282 g/mol. The van der Waals surface area contributed by atoms with E-state index in [2.05, 4.69) is 17.2 Å². The van der Waals surface area contributed by atoms with E-state index in [1.165, 1.54) is 0 Å². The van der Waals surface area contributed by atoms with E-state index in [0.717, 1.165) is 12.1 Å². The number of halogens is 1. The Morgan fingerprint density at radius 1 is 1.58 bits per heavy atom. The van der Waals surface area contributed by atoms with Crippen LogP contribution in [-0.2, 0) is 0 Å². The van der Waals surface area contributed by atoms with Crippen molar-refractivity contribution in [2.24, 2.45) is 0 Å². The largest absolute Gasteiger partial charge is 0.478 e. The number of aromatic carboxylic acids is 1. The molecule has 0 heterocycles. The van der Waals surface area contributed by atoms with E-state index in [4.69, 9.17) is 16.7 Å². The molecule has 0 saturated heterocycles. The molecule has 0 amide bonds. The Morgan fingerprint density at radius 2 is 2.26 bits per heavy atom. The van der Waals surface area contributed by atoms with Gasteiger partial charge in [-0.2, -0.15) is 0 Å². The number of hydrogen-bond donors (Lipinski definition) is 2. The second kappa shape index (κ2) is 6.61. The number of anilines is 1. The molecule has 1 aromatic carbocycles. The van der Waals surface area contributed by atoms with E-state index in [1.807, 2.05) is 0 Å². The number of carboxylic acids is 1. The summed E-state index contributed by atoms with van der Waals surface area (Å²) in [5.41, 5.74) is -0.428. The first kappa shape index (κ1) is 14.8. The van der Waals surface area contributed by atoms with Crippen LogP contribution < -0.4 is 5.32 Å². The van der Waals surface area contributed by atoms with Crippen LogP contribution in [0.15, 0.2) is 12.1 Å². The Labute approximate surface area is 114 Å². The fraction of sp³-hybridized carbons (Fsp3) is 0.250. The molecule has 0 aliphatic carbocycles. The molecular formula is C12H11ClN2O4. The van der Waals surface area contributed by atoms with Crippen LogP contribution in [0.5, 0.6) is 0 Å². The molecule has 0 spiro atoms. The average Bonchev–Trinajstić information content (AvgIpc) is 2.35. The maximum absolute atomic E-state index is 11.1. The Hall–Kier alpha value is -2.26. The lowest BCUT2D eigenvalue weighted by atomic mass is 10.1. The summed E-state index contributed by atoms with van der Waals surface area (Å²) in [5.74, 6) is 4.22. The molecule has 0 unspecified atom stereocenters. The van der Waals surface area contributed by atoms with Gasteiger partial charge in [0.25, 0.3) is 5.69 Å². The second-order valence-corrected chi connectivity index (χ2v) is 3.92. The highest BCUT2D eigenvalue weighted by Crippen LogP contribution is 2.31. The van der Waals surface area contributed by atoms with Crippen molar-refractivity contribution >= 4 is 28.9 Å². The van der Waals surface area contributed by atoms with Gasteiger partial charge >= 0.3 is 5.97 Å². The van der Waals surface area contributed by atoms with Crippen molar-refractivity contribution in [1.82, 2.24) is 0 Å². The van der Waals surface area contributed by atoms with Crippen molar-refractivity contribution < 1.29 is 14.8 Å². The smallest absolute Gasteiger partial charge is 0.338 e. The molecule has 7 heteroatoms. The minimum absolute atomic E-state index is 0.00365. The first-order valence-corrected chi connectivity index (χ1v) is 5.70. The Kier molecular flexibility index (Phi) is 5.15. The van der Waals surface area contributed by atoms with Crippen LogP contribution in [0.2, 0.25) is 5.02 Å². The second-order valence-electron chi connectivity index (χ2n) is 3.52. The molecule has 0 atom stereocenters. The van der Waals surface area contributed by atoms with E-state index in [9.17, 15) is 14.9 Å². The van der Waals surface area contributed by atoms with Crippen molar-refractivity contribution in [3.8, 4) is 11.8 Å². The lowest BCUT2D eigenvalue weighted by molar-refractivity contribution is -0.384. The highest BCUT2D eigenvalue weighted by Gasteiger charge is 2.19. The van der Waals surface area contributed by atoms with Crippen LogP contribution in [0, 0.1) is 22.0 Å². The molecule has 0 aromatic heterocycles. The van der Waals surface area contributed by atoms with Crippen LogP contribution in [0.25, 0.3) is 0 Å². The number of nitro groups is 1. The van der Waals surface area contributed by atoms with E-state index >= 15 is 0 Å². The molecule has 0 bridgehead atoms. The minimum Gasteiger partial charge on any atom is -0.478 e. The van der Waals surface area contributed by atoms with E-state index in [0.29, 0.717) is 13.0 Å². The molecule has 19 heavy (non-hydrogen) atoms. The Morgan fingerprint density at radius 3 is 2.79 bits per heavy atom. The van der Waals surface area contributed by atoms with Gasteiger partial charge in [-0.3, -0.25) is 10.1 Å². The number of benzene rings is 1. The number of non-ortho nitro benzene ring substituents is 1. The summed E-state index contributed by atoms with van der Waals surface area (Å²) in [4.78, 5) is 21.1. The third-order valence-corrected chi connectivity index (χ3v) is 2.54. The average molecular weight is 283 g/mol. The molecule has 0 fully saturated rings. The van der Waals surface area contributed by atoms with Gasteiger partial charge in [0.05, 0.1) is 21.2 Å². The Bertz CT molecular complexity index is 575. The van der Waals surface area contributed by atoms with Crippen LogP contribution >= 0.6 is 11.6 Å². The van der Waals surface area contributed by atoms with Crippen molar-refractivity contribution in [3.63, 3.8) is 0 Å². The lowest BCUT2D eigenvalue weighted by Crippen LogP contribution is -2.09. The van der Waals surface area contributed by atoms with Gasteiger partial charge in [-0.15, -0.1) is 11.8 Å². The summed E-state index contributed by atoms with van der Waals surface area (Å²) in [5, 5.41) is 22.5. The molecule has 1 aromatic rings. The predicted octanol–water partition coefficient (Wildman–Crippen LogP) is 2.77. The lowest BCUT2D eigenvalue weighted by Gasteiger charge is -2.10. The number of carboxylic acid groups (broad SMARTS) is 1. The standard InChI is InChI=1S/C12H11ClN2O4/c1-2-3-4-5-14-11-9(12(16)17)6-8(15(18)19)7-10(11)13/h6-7,14H,4-5H2,1H3,(H,16,17). The summed E-state index contributed by atoms with van der Waals surface area (Å²) in [6, 6.07) is 2.09. The van der Waals surface area contributed by atoms with Gasteiger partial charge in [-0.05, 0) is 6.92 Å². The molecule has 0 aliphatic rings. The van der Waals surface area contributed by atoms with Crippen LogP contribution in [-0.4, -0.2) is 22.5 Å². The molecule has 1 rings (SSSR count). The maximum atomic E-state index is 11.1. The van der Waals surface area contributed by atoms with Crippen LogP contribution in [0.1, 0.15) is 23.7 Å². The van der Waals surface area contributed by atoms with Gasteiger partial charge in [0, 0.05) is 25.1 Å². The van der Waals surface area contributed by atoms with Gasteiger partial charge in [-0.1, -0.05) is 11.6 Å². The third kappa shape index (κ3) is 3.86. The predicted molar refractivity (Wildman–Crippen MR) is 71.6 cm³/mol. The summed E-state index contributed by atoms with van der Waals surface area (Å²) in [6.45, 7) is 2.10. The third-order valence-electron chi connectivity index (χ3n) is 2.24. The molecule has 0 saturated carbocycles. The van der Waals surface area contributed by atoms with Crippen LogP contribution in [0.4, 0.5) is 11.4 Å². The van der Waals surface area contributed by atoms with Gasteiger partial charge in [0.15, 0.2) is 0 Å². The number of rotatable bonds is 5. The molecular weight excluding hydrogens is 272 g/mol. The van der Waals surface area contributed by atoms with Crippen LogP contribution in [0.3, 0.4) is 0 Å². The van der Waals surface area contributed by atoms with Crippen molar-refractivity contribution in [2.45, 2.75) is 13.3 Å². The number of nitrogens with zero attached hydrogens (tertiary/aromatic N) is 1. The molecule has 100 valence electrons. The summed E-state index contributed by atoms with van der Waals surface area (Å²) in [6.07, 6.45) is 0.517. The first-order chi connectivity index (χ1) is 8.97. The zero-order chi connectivity index (χ0) is 14.4. The van der Waals surface area contributed by atoms with E-state index in [1.54, 1.807) is 6.92 Å². The zero-order valence-electron chi connectivity index (χ0n) is 10.1. The number of nitrogens with one attached hydrogen (secondary N) is 1. The van der Waals surface area contributed by atoms with Crippen molar-refractivity contribution in [3.05, 3.63) is 32.8 Å². The minimum atomic E-state index is -1.28. The zero-order valence-corrected chi connectivity index (χ0v) is 10.8. The fourth-order valence-electron chi connectivity index (χ4n) is 1.42. The van der Waals surface area contributed by atoms with Crippen molar-refractivity contribution in [1.29, 1.82) is 0 Å².